The third-order valence-corrected chi connectivity index (χ3v) is 2.27. The Labute approximate surface area is 104 Å². The third kappa shape index (κ3) is 6.44. The van der Waals surface area contributed by atoms with E-state index in [4.69, 9.17) is 4.74 Å². The molecule has 0 fully saturated rings. The lowest BCUT2D eigenvalue weighted by molar-refractivity contribution is 0.0709. The van der Waals surface area contributed by atoms with Crippen molar-refractivity contribution in [2.24, 2.45) is 0 Å². The molecule has 1 rings (SSSR count). The van der Waals surface area contributed by atoms with Crippen molar-refractivity contribution in [1.82, 2.24) is 15.1 Å². The lowest BCUT2D eigenvalue weighted by atomic mass is 10.1. The standard InChI is InChI=1S/C13H25N3O/c1-11(2)17-9-8-16-7-6-12(15-16)10-14-13(3,4)5/h6-7,11,14H,8-10H2,1-5H3. The van der Waals surface area contributed by atoms with Gasteiger partial charge in [-0.25, -0.2) is 0 Å². The van der Waals surface area contributed by atoms with Gasteiger partial charge in [-0.2, -0.15) is 5.10 Å². The Kier molecular flexibility index (Phi) is 5.15. The van der Waals surface area contributed by atoms with Gasteiger partial charge in [0.15, 0.2) is 0 Å². The summed E-state index contributed by atoms with van der Waals surface area (Å²) in [5.74, 6) is 0. The van der Waals surface area contributed by atoms with Gasteiger partial charge in [0.2, 0.25) is 0 Å². The molecule has 0 unspecified atom stereocenters. The molecule has 0 atom stereocenters. The van der Waals surface area contributed by atoms with Crippen LogP contribution in [0.3, 0.4) is 0 Å². The Hall–Kier alpha value is -0.870. The van der Waals surface area contributed by atoms with E-state index < -0.39 is 0 Å². The SMILES string of the molecule is CC(C)OCCn1ccc(CNC(C)(C)C)n1. The zero-order chi connectivity index (χ0) is 12.9. The van der Waals surface area contributed by atoms with Crippen molar-refractivity contribution in [1.29, 1.82) is 0 Å². The van der Waals surface area contributed by atoms with E-state index in [-0.39, 0.29) is 11.6 Å². The van der Waals surface area contributed by atoms with Crippen molar-refractivity contribution in [2.45, 2.75) is 59.4 Å². The van der Waals surface area contributed by atoms with Gasteiger partial charge in [-0.15, -0.1) is 0 Å². The molecule has 0 aliphatic carbocycles. The minimum Gasteiger partial charge on any atom is -0.377 e. The van der Waals surface area contributed by atoms with E-state index in [0.29, 0.717) is 6.61 Å². The first-order valence-corrected chi connectivity index (χ1v) is 6.26. The molecule has 0 saturated heterocycles. The highest BCUT2D eigenvalue weighted by Gasteiger charge is 2.09. The van der Waals surface area contributed by atoms with E-state index in [9.17, 15) is 0 Å². The largest absolute Gasteiger partial charge is 0.377 e. The van der Waals surface area contributed by atoms with Gasteiger partial charge in [-0.1, -0.05) is 0 Å². The minimum atomic E-state index is 0.129. The molecule has 0 bridgehead atoms. The average Bonchev–Trinajstić information content (AvgIpc) is 2.61. The molecule has 0 saturated carbocycles. The summed E-state index contributed by atoms with van der Waals surface area (Å²) >= 11 is 0. The van der Waals surface area contributed by atoms with Crippen LogP contribution in [0, 0.1) is 0 Å². The zero-order valence-corrected chi connectivity index (χ0v) is 11.7. The molecule has 0 aliphatic rings. The molecule has 1 aromatic heterocycles. The molecule has 0 spiro atoms. The summed E-state index contributed by atoms with van der Waals surface area (Å²) in [4.78, 5) is 0. The van der Waals surface area contributed by atoms with E-state index >= 15 is 0 Å². The second kappa shape index (κ2) is 6.17. The molecule has 0 aliphatic heterocycles. The second-order valence-electron chi connectivity index (χ2n) is 5.59. The molecule has 0 aromatic carbocycles. The molecule has 98 valence electrons. The maximum Gasteiger partial charge on any atom is 0.0762 e. The zero-order valence-electron chi connectivity index (χ0n) is 11.7. The molecule has 0 amide bonds. The number of nitrogens with zero attached hydrogens (tertiary/aromatic N) is 2. The van der Waals surface area contributed by atoms with Crippen molar-refractivity contribution in [2.75, 3.05) is 6.61 Å². The first-order chi connectivity index (χ1) is 7.87. The number of aromatic nitrogens is 2. The highest BCUT2D eigenvalue weighted by Crippen LogP contribution is 2.02. The number of hydrogen-bond donors (Lipinski definition) is 1. The van der Waals surface area contributed by atoms with Gasteiger partial charge in [-0.05, 0) is 40.7 Å². The van der Waals surface area contributed by atoms with Gasteiger partial charge in [0.1, 0.15) is 0 Å². The number of nitrogens with one attached hydrogen (secondary N) is 1. The van der Waals surface area contributed by atoms with Crippen LogP contribution in [0.2, 0.25) is 0 Å². The first-order valence-electron chi connectivity index (χ1n) is 6.26. The lowest BCUT2D eigenvalue weighted by Crippen LogP contribution is -2.35. The predicted molar refractivity (Wildman–Crippen MR) is 69.9 cm³/mol. The van der Waals surface area contributed by atoms with Crippen LogP contribution in [0.15, 0.2) is 12.3 Å². The van der Waals surface area contributed by atoms with Crippen LogP contribution < -0.4 is 5.32 Å². The lowest BCUT2D eigenvalue weighted by Gasteiger charge is -2.19. The van der Waals surface area contributed by atoms with Crippen LogP contribution in [0.5, 0.6) is 0 Å². The van der Waals surface area contributed by atoms with Crippen molar-refractivity contribution >= 4 is 0 Å². The van der Waals surface area contributed by atoms with E-state index in [1.165, 1.54) is 0 Å². The Balaban J connectivity index is 2.32. The first kappa shape index (κ1) is 14.2. The summed E-state index contributed by atoms with van der Waals surface area (Å²) in [6, 6.07) is 2.05. The normalized spacial score (nSPS) is 12.4. The van der Waals surface area contributed by atoms with Crippen molar-refractivity contribution in [3.63, 3.8) is 0 Å². The van der Waals surface area contributed by atoms with Gasteiger partial charge in [0.25, 0.3) is 0 Å². The van der Waals surface area contributed by atoms with Crippen LogP contribution >= 0.6 is 0 Å². The van der Waals surface area contributed by atoms with Crippen molar-refractivity contribution < 1.29 is 4.74 Å². The van der Waals surface area contributed by atoms with E-state index in [2.05, 4.69) is 31.2 Å². The fourth-order valence-corrected chi connectivity index (χ4v) is 1.36. The molecule has 1 N–H and O–H groups in total. The van der Waals surface area contributed by atoms with Crippen LogP contribution in [-0.2, 0) is 17.8 Å². The minimum absolute atomic E-state index is 0.129. The maximum absolute atomic E-state index is 5.49. The molecule has 17 heavy (non-hydrogen) atoms. The number of hydrogen-bond acceptors (Lipinski definition) is 3. The van der Waals surface area contributed by atoms with Crippen molar-refractivity contribution in [3.05, 3.63) is 18.0 Å². The highest BCUT2D eigenvalue weighted by atomic mass is 16.5. The van der Waals surface area contributed by atoms with Gasteiger partial charge in [-0.3, -0.25) is 4.68 Å². The number of ether oxygens (including phenoxy) is 1. The Morgan fingerprint density at radius 2 is 2.12 bits per heavy atom. The fraction of sp³-hybridized carbons (Fsp3) is 0.769. The summed E-state index contributed by atoms with van der Waals surface area (Å²) in [6.07, 6.45) is 2.29. The number of rotatable bonds is 6. The molecular formula is C13H25N3O. The maximum atomic E-state index is 5.49. The predicted octanol–water partition coefficient (Wildman–Crippen LogP) is 2.20. The Morgan fingerprint density at radius 1 is 1.41 bits per heavy atom. The molecule has 4 nitrogen and oxygen atoms in total. The summed E-state index contributed by atoms with van der Waals surface area (Å²) in [5, 5.41) is 7.90. The molecular weight excluding hydrogens is 214 g/mol. The Bertz CT molecular complexity index is 326. The van der Waals surface area contributed by atoms with Crippen LogP contribution in [0.4, 0.5) is 0 Å². The van der Waals surface area contributed by atoms with Crippen LogP contribution in [-0.4, -0.2) is 28.0 Å². The summed E-state index contributed by atoms with van der Waals surface area (Å²) in [5.41, 5.74) is 1.20. The summed E-state index contributed by atoms with van der Waals surface area (Å²) in [7, 11) is 0. The van der Waals surface area contributed by atoms with Gasteiger partial charge in [0.05, 0.1) is 24.9 Å². The molecule has 1 aromatic rings. The quantitative estimate of drug-likeness (QED) is 0.827. The van der Waals surface area contributed by atoms with Gasteiger partial charge < -0.3 is 10.1 Å². The summed E-state index contributed by atoms with van der Waals surface area (Å²) < 4.78 is 7.43. The second-order valence-corrected chi connectivity index (χ2v) is 5.59. The van der Waals surface area contributed by atoms with Gasteiger partial charge >= 0.3 is 0 Å². The van der Waals surface area contributed by atoms with Crippen LogP contribution in [0.1, 0.15) is 40.3 Å². The van der Waals surface area contributed by atoms with Crippen LogP contribution in [0.25, 0.3) is 0 Å². The monoisotopic (exact) mass is 239 g/mol. The van der Waals surface area contributed by atoms with E-state index in [1.807, 2.05) is 30.8 Å². The molecule has 1 heterocycles. The summed E-state index contributed by atoms with van der Waals surface area (Å²) in [6.45, 7) is 12.9. The smallest absolute Gasteiger partial charge is 0.0762 e. The Morgan fingerprint density at radius 3 is 2.71 bits per heavy atom. The molecule has 0 radical (unpaired) electrons. The third-order valence-electron chi connectivity index (χ3n) is 2.27. The average molecular weight is 239 g/mol. The fourth-order valence-electron chi connectivity index (χ4n) is 1.36. The van der Waals surface area contributed by atoms with Gasteiger partial charge in [0, 0.05) is 18.3 Å². The van der Waals surface area contributed by atoms with Crippen molar-refractivity contribution in [3.8, 4) is 0 Å². The highest BCUT2D eigenvalue weighted by molar-refractivity contribution is 4.99. The van der Waals surface area contributed by atoms with E-state index in [1.54, 1.807) is 0 Å². The molecule has 4 heteroatoms. The van der Waals surface area contributed by atoms with E-state index in [0.717, 1.165) is 18.8 Å². The topological polar surface area (TPSA) is 39.1 Å².